The molecule has 2 fully saturated rings. The quantitative estimate of drug-likeness (QED) is 0.617. The zero-order valence-corrected chi connectivity index (χ0v) is 20.8. The second kappa shape index (κ2) is 9.32. The minimum absolute atomic E-state index is 0.0626. The number of amides is 2. The van der Waals surface area contributed by atoms with Crippen LogP contribution in [0.25, 0.3) is 0 Å². The van der Waals surface area contributed by atoms with Crippen molar-refractivity contribution in [1.82, 2.24) is 9.80 Å². The maximum absolute atomic E-state index is 13.0. The first-order valence-corrected chi connectivity index (χ1v) is 11.9. The van der Waals surface area contributed by atoms with Gasteiger partial charge < -0.3 is 24.6 Å². The van der Waals surface area contributed by atoms with E-state index in [1.807, 2.05) is 42.3 Å². The van der Waals surface area contributed by atoms with Gasteiger partial charge in [-0.3, -0.25) is 0 Å². The first-order valence-electron chi connectivity index (χ1n) is 11.1. The van der Waals surface area contributed by atoms with Crippen molar-refractivity contribution in [2.45, 2.75) is 43.2 Å². The van der Waals surface area contributed by atoms with Gasteiger partial charge in [0.2, 0.25) is 0 Å². The Bertz CT molecular complexity index is 985. The number of likely N-dealkylation sites (N-methyl/N-ethyl adjacent to an activating group) is 1. The second-order valence-corrected chi connectivity index (χ2v) is 9.87. The molecule has 6 nitrogen and oxygen atoms in total. The number of urea groups is 1. The zero-order chi connectivity index (χ0) is 22.9. The highest BCUT2D eigenvalue weighted by Gasteiger charge is 2.51. The van der Waals surface area contributed by atoms with Crippen molar-refractivity contribution in [2.24, 2.45) is 0 Å². The number of likely N-dealkylation sites (tertiary alicyclic amines) is 1. The van der Waals surface area contributed by atoms with Gasteiger partial charge in [0.25, 0.3) is 0 Å². The van der Waals surface area contributed by atoms with Crippen LogP contribution in [-0.4, -0.2) is 62.8 Å². The van der Waals surface area contributed by atoms with Crippen LogP contribution in [0.5, 0.6) is 11.5 Å². The number of anilines is 1. The number of nitrogens with zero attached hydrogens (tertiary/aromatic N) is 2. The number of methoxy groups -OCH3 is 2. The molecule has 0 spiro atoms. The highest BCUT2D eigenvalue weighted by atomic mass is 79.9. The minimum atomic E-state index is -0.0626. The average molecular weight is 502 g/mol. The molecule has 1 N–H and O–H groups in total. The summed E-state index contributed by atoms with van der Waals surface area (Å²) in [6.07, 6.45) is 4.08. The molecule has 2 aromatic carbocycles. The molecule has 0 bridgehead atoms. The number of rotatable bonds is 5. The number of ether oxygens (including phenoxy) is 2. The Balaban J connectivity index is 1.52. The van der Waals surface area contributed by atoms with Gasteiger partial charge in [-0.25, -0.2) is 4.79 Å². The largest absolute Gasteiger partial charge is 0.493 e. The number of hydrogen-bond acceptors (Lipinski definition) is 4. The van der Waals surface area contributed by atoms with Gasteiger partial charge in [-0.05, 0) is 75.2 Å². The molecule has 3 atom stereocenters. The fourth-order valence-electron chi connectivity index (χ4n) is 5.54. The normalized spacial score (nSPS) is 25.2. The van der Waals surface area contributed by atoms with E-state index in [4.69, 9.17) is 9.47 Å². The molecule has 0 radical (unpaired) electrons. The summed E-state index contributed by atoms with van der Waals surface area (Å²) < 4.78 is 12.0. The van der Waals surface area contributed by atoms with Gasteiger partial charge in [0, 0.05) is 34.7 Å². The molecule has 2 aromatic rings. The van der Waals surface area contributed by atoms with Crippen molar-refractivity contribution in [3.63, 3.8) is 0 Å². The minimum Gasteiger partial charge on any atom is -0.493 e. The first-order chi connectivity index (χ1) is 15.4. The van der Waals surface area contributed by atoms with Gasteiger partial charge in [0.15, 0.2) is 11.5 Å². The van der Waals surface area contributed by atoms with Crippen LogP contribution < -0.4 is 14.8 Å². The maximum atomic E-state index is 13.0. The topological polar surface area (TPSA) is 54.0 Å². The van der Waals surface area contributed by atoms with Crippen molar-refractivity contribution in [3.05, 3.63) is 52.5 Å². The predicted octanol–water partition coefficient (Wildman–Crippen LogP) is 5.12. The number of fused-ring (bicyclic) bond motifs is 1. The van der Waals surface area contributed by atoms with Crippen LogP contribution in [0.15, 0.2) is 46.9 Å². The summed E-state index contributed by atoms with van der Waals surface area (Å²) in [5, 5.41) is 3.03. The number of halogens is 1. The third kappa shape index (κ3) is 4.20. The zero-order valence-electron chi connectivity index (χ0n) is 19.2. The fraction of sp³-hybridized carbons (Fsp3) is 0.480. The summed E-state index contributed by atoms with van der Waals surface area (Å²) in [5.41, 5.74) is 2.18. The van der Waals surface area contributed by atoms with Crippen molar-refractivity contribution in [3.8, 4) is 11.5 Å². The van der Waals surface area contributed by atoms with Crippen LogP contribution in [0.4, 0.5) is 10.5 Å². The van der Waals surface area contributed by atoms with Crippen LogP contribution in [0.1, 0.15) is 31.2 Å². The number of benzene rings is 2. The lowest BCUT2D eigenvalue weighted by Crippen LogP contribution is -2.52. The SMILES string of the molecule is COc1ccc([C@@]23CC[C@@H](N(C)C(=O)Nc4cccc(Br)c4)C[C@H]2N(C)CC3)cc1OC. The Morgan fingerprint density at radius 3 is 2.66 bits per heavy atom. The van der Waals surface area contributed by atoms with E-state index in [0.29, 0.717) is 6.04 Å². The van der Waals surface area contributed by atoms with Crippen molar-refractivity contribution in [1.29, 1.82) is 0 Å². The van der Waals surface area contributed by atoms with E-state index in [1.165, 1.54) is 5.56 Å². The van der Waals surface area contributed by atoms with E-state index >= 15 is 0 Å². The maximum Gasteiger partial charge on any atom is 0.321 e. The molecular formula is C25H32BrN3O3. The third-order valence-corrected chi connectivity index (χ3v) is 7.90. The molecule has 7 heteroatoms. The number of nitrogens with one attached hydrogen (secondary N) is 1. The van der Waals surface area contributed by atoms with E-state index in [2.05, 4.69) is 45.3 Å². The molecule has 1 aliphatic heterocycles. The monoisotopic (exact) mass is 501 g/mol. The van der Waals surface area contributed by atoms with Crippen molar-refractivity contribution in [2.75, 3.05) is 40.2 Å². The number of carbonyl (C=O) groups is 1. The summed E-state index contributed by atoms with van der Waals surface area (Å²) in [6, 6.07) is 14.6. The molecule has 0 unspecified atom stereocenters. The Kier molecular flexibility index (Phi) is 6.67. The number of hydrogen-bond donors (Lipinski definition) is 1. The molecule has 172 valence electrons. The molecule has 1 heterocycles. The Hall–Kier alpha value is -2.25. The van der Waals surface area contributed by atoms with E-state index in [1.54, 1.807) is 14.2 Å². The lowest BCUT2D eigenvalue weighted by Gasteiger charge is -2.46. The summed E-state index contributed by atoms with van der Waals surface area (Å²) in [6.45, 7) is 1.06. The van der Waals surface area contributed by atoms with Gasteiger partial charge in [-0.2, -0.15) is 0 Å². The fourth-order valence-corrected chi connectivity index (χ4v) is 5.94. The molecular weight excluding hydrogens is 470 g/mol. The molecule has 1 saturated carbocycles. The van der Waals surface area contributed by atoms with Gasteiger partial charge >= 0.3 is 6.03 Å². The molecule has 4 rings (SSSR count). The van der Waals surface area contributed by atoms with E-state index in [-0.39, 0.29) is 17.5 Å². The van der Waals surface area contributed by atoms with Crippen molar-refractivity contribution < 1.29 is 14.3 Å². The van der Waals surface area contributed by atoms with E-state index in [0.717, 1.165) is 53.9 Å². The second-order valence-electron chi connectivity index (χ2n) is 8.95. The lowest BCUT2D eigenvalue weighted by molar-refractivity contribution is 0.112. The summed E-state index contributed by atoms with van der Waals surface area (Å²) in [4.78, 5) is 17.3. The smallest absolute Gasteiger partial charge is 0.321 e. The molecule has 32 heavy (non-hydrogen) atoms. The summed E-state index contributed by atoms with van der Waals surface area (Å²) in [7, 11) is 7.48. The first kappa shape index (κ1) is 22.9. The van der Waals surface area contributed by atoms with E-state index < -0.39 is 0 Å². The van der Waals surface area contributed by atoms with Gasteiger partial charge in [-0.15, -0.1) is 0 Å². The average Bonchev–Trinajstić information content (AvgIpc) is 3.15. The van der Waals surface area contributed by atoms with Gasteiger partial charge in [0.1, 0.15) is 0 Å². The van der Waals surface area contributed by atoms with Gasteiger partial charge in [0.05, 0.1) is 14.2 Å². The van der Waals surface area contributed by atoms with Crippen LogP contribution in [0, 0.1) is 0 Å². The van der Waals surface area contributed by atoms with Crippen LogP contribution >= 0.6 is 15.9 Å². The molecule has 1 aliphatic carbocycles. The standard InChI is InChI=1S/C25H32BrN3O3/c1-28-13-12-25(17-8-9-21(31-3)22(14-17)32-4)11-10-20(16-23(25)28)29(2)24(30)27-19-7-5-6-18(26)15-19/h5-9,14-15,20,23H,10-13,16H2,1-4H3,(H,27,30)/t20-,23-,25+/m1/s1. The summed E-state index contributed by atoms with van der Waals surface area (Å²) in [5.74, 6) is 1.54. The number of carbonyl (C=O) groups excluding carboxylic acids is 1. The Morgan fingerprint density at radius 2 is 1.94 bits per heavy atom. The van der Waals surface area contributed by atoms with Crippen LogP contribution in [-0.2, 0) is 5.41 Å². The molecule has 2 amide bonds. The lowest BCUT2D eigenvalue weighted by atomic mass is 9.65. The molecule has 2 aliphatic rings. The highest BCUT2D eigenvalue weighted by Crippen LogP contribution is 2.50. The van der Waals surface area contributed by atoms with Crippen LogP contribution in [0.3, 0.4) is 0 Å². The van der Waals surface area contributed by atoms with Crippen LogP contribution in [0.2, 0.25) is 0 Å². The highest BCUT2D eigenvalue weighted by molar-refractivity contribution is 9.10. The molecule has 1 saturated heterocycles. The van der Waals surface area contributed by atoms with Gasteiger partial charge in [-0.1, -0.05) is 28.1 Å². The Labute approximate surface area is 199 Å². The predicted molar refractivity (Wildman–Crippen MR) is 131 cm³/mol. The summed E-state index contributed by atoms with van der Waals surface area (Å²) >= 11 is 3.46. The third-order valence-electron chi connectivity index (χ3n) is 7.40. The van der Waals surface area contributed by atoms with E-state index in [9.17, 15) is 4.79 Å². The Morgan fingerprint density at radius 1 is 1.16 bits per heavy atom. The molecule has 0 aromatic heterocycles. The van der Waals surface area contributed by atoms with Crippen molar-refractivity contribution >= 4 is 27.6 Å².